The second kappa shape index (κ2) is 9.04. The van der Waals surface area contributed by atoms with Gasteiger partial charge in [0.05, 0.1) is 6.54 Å². The standard InChI is InChI=1S/C22H28N4O3S/c1-15-12-16-13-17(7-8-19(16)29-15)23-22(30)24-18-6-2-3-11-26(21(18)28)14-20(27)25-9-4-5-10-25/h7-8,12-13,18H,2-6,9-11,14H2,1H3,(H2,23,24,30)/t18-/m0/s1. The van der Waals surface area contributed by atoms with Crippen molar-refractivity contribution < 1.29 is 14.0 Å². The Morgan fingerprint density at radius 1 is 1.17 bits per heavy atom. The Balaban J connectivity index is 1.37. The van der Waals surface area contributed by atoms with Crippen LogP contribution in [0.5, 0.6) is 0 Å². The maximum Gasteiger partial charge on any atom is 0.245 e. The van der Waals surface area contributed by atoms with E-state index in [1.54, 1.807) is 4.90 Å². The monoisotopic (exact) mass is 428 g/mol. The molecule has 2 aliphatic heterocycles. The van der Waals surface area contributed by atoms with Gasteiger partial charge in [-0.1, -0.05) is 0 Å². The van der Waals surface area contributed by atoms with Crippen LogP contribution in [0.4, 0.5) is 5.69 Å². The van der Waals surface area contributed by atoms with E-state index in [9.17, 15) is 9.59 Å². The van der Waals surface area contributed by atoms with Crippen LogP contribution in [0.25, 0.3) is 11.0 Å². The van der Waals surface area contributed by atoms with Crippen LogP contribution in [0.1, 0.15) is 37.9 Å². The number of amides is 2. The van der Waals surface area contributed by atoms with Gasteiger partial charge in [0, 0.05) is 30.7 Å². The number of thiocarbonyl (C=S) groups is 1. The molecule has 0 spiro atoms. The van der Waals surface area contributed by atoms with Crippen molar-refractivity contribution in [1.82, 2.24) is 15.1 Å². The molecule has 30 heavy (non-hydrogen) atoms. The summed E-state index contributed by atoms with van der Waals surface area (Å²) < 4.78 is 5.60. The van der Waals surface area contributed by atoms with Crippen LogP contribution >= 0.6 is 12.2 Å². The lowest BCUT2D eigenvalue weighted by Gasteiger charge is -2.27. The number of carbonyl (C=O) groups excluding carboxylic acids is 2. The van der Waals surface area contributed by atoms with Crippen LogP contribution in [-0.4, -0.2) is 58.9 Å². The molecule has 0 radical (unpaired) electrons. The zero-order valence-electron chi connectivity index (χ0n) is 17.3. The van der Waals surface area contributed by atoms with E-state index in [-0.39, 0.29) is 18.4 Å². The molecule has 2 N–H and O–H groups in total. The molecule has 7 nitrogen and oxygen atoms in total. The van der Waals surface area contributed by atoms with E-state index in [2.05, 4.69) is 10.6 Å². The van der Waals surface area contributed by atoms with Gasteiger partial charge in [-0.2, -0.15) is 0 Å². The van der Waals surface area contributed by atoms with Gasteiger partial charge in [0.1, 0.15) is 17.4 Å². The highest BCUT2D eigenvalue weighted by atomic mass is 32.1. The normalized spacial score (nSPS) is 19.8. The maximum atomic E-state index is 13.1. The summed E-state index contributed by atoms with van der Waals surface area (Å²) in [4.78, 5) is 29.1. The predicted octanol–water partition coefficient (Wildman–Crippen LogP) is 3.03. The third-order valence-corrected chi connectivity index (χ3v) is 5.99. The van der Waals surface area contributed by atoms with Gasteiger partial charge in [0.25, 0.3) is 0 Å². The third-order valence-electron chi connectivity index (χ3n) is 5.77. The minimum atomic E-state index is -0.418. The van der Waals surface area contributed by atoms with Crippen LogP contribution in [0.2, 0.25) is 0 Å². The van der Waals surface area contributed by atoms with Gasteiger partial charge in [0.2, 0.25) is 11.8 Å². The van der Waals surface area contributed by atoms with E-state index in [1.807, 2.05) is 36.1 Å². The summed E-state index contributed by atoms with van der Waals surface area (Å²) in [5.41, 5.74) is 1.66. The molecule has 2 saturated heterocycles. The van der Waals surface area contributed by atoms with Gasteiger partial charge in [-0.3, -0.25) is 9.59 Å². The van der Waals surface area contributed by atoms with Crippen molar-refractivity contribution in [2.24, 2.45) is 0 Å². The van der Waals surface area contributed by atoms with E-state index >= 15 is 0 Å². The average molecular weight is 429 g/mol. The molecule has 0 saturated carbocycles. The summed E-state index contributed by atoms with van der Waals surface area (Å²) in [6.07, 6.45) is 4.62. The quantitative estimate of drug-likeness (QED) is 0.729. The van der Waals surface area contributed by atoms with Gasteiger partial charge >= 0.3 is 0 Å². The molecule has 160 valence electrons. The Bertz CT molecular complexity index is 951. The van der Waals surface area contributed by atoms with Crippen LogP contribution < -0.4 is 10.6 Å². The Hall–Kier alpha value is -2.61. The average Bonchev–Trinajstić information content (AvgIpc) is 3.34. The number of benzene rings is 1. The minimum absolute atomic E-state index is 0.0471. The predicted molar refractivity (Wildman–Crippen MR) is 120 cm³/mol. The van der Waals surface area contributed by atoms with Crippen molar-refractivity contribution in [3.8, 4) is 0 Å². The summed E-state index contributed by atoms with van der Waals surface area (Å²) in [7, 11) is 0. The highest BCUT2D eigenvalue weighted by molar-refractivity contribution is 7.80. The lowest BCUT2D eigenvalue weighted by molar-refractivity contribution is -0.140. The van der Waals surface area contributed by atoms with Crippen LogP contribution in [0.3, 0.4) is 0 Å². The fraction of sp³-hybridized carbons (Fsp3) is 0.500. The molecule has 1 aromatic heterocycles. The zero-order chi connectivity index (χ0) is 21.1. The lowest BCUT2D eigenvalue weighted by atomic mass is 10.1. The molecule has 8 heteroatoms. The molecule has 3 heterocycles. The van der Waals surface area contributed by atoms with E-state index in [4.69, 9.17) is 16.6 Å². The van der Waals surface area contributed by atoms with E-state index in [1.165, 1.54) is 0 Å². The Morgan fingerprint density at radius 3 is 2.73 bits per heavy atom. The SMILES string of the molecule is Cc1cc2cc(NC(=S)N[C@H]3CCCCN(CC(=O)N4CCCC4)C3=O)ccc2o1. The molecule has 1 aromatic carbocycles. The number of rotatable bonds is 4. The van der Waals surface area contributed by atoms with Gasteiger partial charge in [-0.15, -0.1) is 0 Å². The molecular weight excluding hydrogens is 400 g/mol. The smallest absolute Gasteiger partial charge is 0.245 e. The van der Waals surface area contributed by atoms with Crippen molar-refractivity contribution in [1.29, 1.82) is 0 Å². The number of anilines is 1. The fourth-order valence-corrected chi connectivity index (χ4v) is 4.47. The summed E-state index contributed by atoms with van der Waals surface area (Å²) in [6.45, 7) is 4.30. The molecule has 2 aliphatic rings. The van der Waals surface area contributed by atoms with Crippen molar-refractivity contribution in [3.63, 3.8) is 0 Å². The Labute approximate surface area is 181 Å². The fourth-order valence-electron chi connectivity index (χ4n) is 4.21. The molecule has 0 aliphatic carbocycles. The first-order chi connectivity index (χ1) is 14.5. The topological polar surface area (TPSA) is 77.8 Å². The molecule has 0 unspecified atom stereocenters. The molecule has 0 bridgehead atoms. The van der Waals surface area contributed by atoms with Gasteiger partial charge in [-0.25, -0.2) is 0 Å². The number of hydrogen-bond donors (Lipinski definition) is 2. The zero-order valence-corrected chi connectivity index (χ0v) is 18.1. The first-order valence-electron chi connectivity index (χ1n) is 10.6. The number of hydrogen-bond acceptors (Lipinski definition) is 4. The number of fused-ring (bicyclic) bond motifs is 1. The number of likely N-dealkylation sites (tertiary alicyclic amines) is 2. The highest BCUT2D eigenvalue weighted by Crippen LogP contribution is 2.23. The summed E-state index contributed by atoms with van der Waals surface area (Å²) in [5.74, 6) is 0.853. The van der Waals surface area contributed by atoms with E-state index < -0.39 is 6.04 Å². The second-order valence-corrected chi connectivity index (χ2v) is 8.51. The van der Waals surface area contributed by atoms with Crippen molar-refractivity contribution in [3.05, 3.63) is 30.0 Å². The maximum absolute atomic E-state index is 13.1. The number of nitrogens with zero attached hydrogens (tertiary/aromatic N) is 2. The minimum Gasteiger partial charge on any atom is -0.461 e. The number of nitrogens with one attached hydrogen (secondary N) is 2. The number of furan rings is 1. The summed E-state index contributed by atoms with van der Waals surface area (Å²) >= 11 is 5.46. The molecule has 2 amide bonds. The largest absolute Gasteiger partial charge is 0.461 e. The van der Waals surface area contributed by atoms with Crippen LogP contribution in [0.15, 0.2) is 28.7 Å². The first kappa shape index (κ1) is 20.7. The van der Waals surface area contributed by atoms with E-state index in [0.717, 1.165) is 61.2 Å². The molecular formula is C22H28N4O3S. The van der Waals surface area contributed by atoms with Gasteiger partial charge < -0.3 is 24.9 Å². The van der Waals surface area contributed by atoms with Gasteiger partial charge in [-0.05, 0) is 75.5 Å². The number of aryl methyl sites for hydroxylation is 1. The molecule has 2 fully saturated rings. The summed E-state index contributed by atoms with van der Waals surface area (Å²) in [6, 6.07) is 7.32. The van der Waals surface area contributed by atoms with Crippen molar-refractivity contribution >= 4 is 45.8 Å². The van der Waals surface area contributed by atoms with Crippen LogP contribution in [-0.2, 0) is 9.59 Å². The third kappa shape index (κ3) is 4.75. The number of carbonyl (C=O) groups is 2. The highest BCUT2D eigenvalue weighted by Gasteiger charge is 2.30. The molecule has 1 atom stereocenters. The second-order valence-electron chi connectivity index (χ2n) is 8.10. The molecule has 2 aromatic rings. The summed E-state index contributed by atoms with van der Waals surface area (Å²) in [5, 5.41) is 7.73. The molecule has 4 rings (SSSR count). The Kier molecular flexibility index (Phi) is 6.22. The lowest BCUT2D eigenvalue weighted by Crippen LogP contribution is -2.51. The van der Waals surface area contributed by atoms with E-state index in [0.29, 0.717) is 18.1 Å². The van der Waals surface area contributed by atoms with Gasteiger partial charge in [0.15, 0.2) is 5.11 Å². The van der Waals surface area contributed by atoms with Crippen LogP contribution in [0, 0.1) is 6.92 Å². The first-order valence-corrected chi connectivity index (χ1v) is 11.0. The van der Waals surface area contributed by atoms with Crippen molar-refractivity contribution in [2.75, 3.05) is 31.5 Å². The Morgan fingerprint density at radius 2 is 1.93 bits per heavy atom. The van der Waals surface area contributed by atoms with Crippen molar-refractivity contribution in [2.45, 2.75) is 45.1 Å².